The quantitative estimate of drug-likeness (QED) is 0.0375. The second-order valence-corrected chi connectivity index (χ2v) is 12.6. The molecule has 0 heterocycles. The van der Waals surface area contributed by atoms with Gasteiger partial charge in [0.1, 0.15) is 6.61 Å². The summed E-state index contributed by atoms with van der Waals surface area (Å²) >= 11 is 0. The fraction of sp³-hybridized carbons (Fsp3) is 1.00. The first-order valence-corrected chi connectivity index (χ1v) is 21.0. The summed E-state index contributed by atoms with van der Waals surface area (Å²) in [6.45, 7) is 17.2. The largest absolute Gasteiger partial charge is 0.379 e. The Morgan fingerprint density at radius 3 is 0.660 bits per heavy atom. The highest BCUT2D eigenvalue weighted by atomic mass is 17.2. The van der Waals surface area contributed by atoms with Crippen LogP contribution in [0.3, 0.4) is 0 Å². The molecule has 0 unspecified atom stereocenters. The summed E-state index contributed by atoms with van der Waals surface area (Å²) in [5.41, 5.74) is 0. The standard InChI is InChI=1S/C40H82O13/c1-3-5-6-7-8-9-10-11-12-13-14-15-16-17-18-52-53-40-39-51-38-37-50-36-35-49-34-33-48-32-31-47-30-29-46-28-27-45-26-25-44-24-23-43-22-21-42-20-19-41-4-2/h3-40H2,1-2H3. The van der Waals surface area contributed by atoms with Crippen LogP contribution in [0.15, 0.2) is 0 Å². The Kier molecular flexibility index (Phi) is 51.0. The Labute approximate surface area is 323 Å². The van der Waals surface area contributed by atoms with Crippen LogP contribution in [-0.4, -0.2) is 159 Å². The van der Waals surface area contributed by atoms with E-state index in [1.165, 1.54) is 83.5 Å². The summed E-state index contributed by atoms with van der Waals surface area (Å²) in [7, 11) is 0. The van der Waals surface area contributed by atoms with Crippen molar-refractivity contribution in [3.05, 3.63) is 0 Å². The maximum absolute atomic E-state index is 5.51. The average Bonchev–Trinajstić information content (AvgIpc) is 3.17. The van der Waals surface area contributed by atoms with Crippen LogP contribution < -0.4 is 0 Å². The number of ether oxygens (including phenoxy) is 11. The van der Waals surface area contributed by atoms with Gasteiger partial charge in [-0.05, 0) is 13.3 Å². The van der Waals surface area contributed by atoms with Gasteiger partial charge in [-0.25, -0.2) is 9.78 Å². The van der Waals surface area contributed by atoms with Gasteiger partial charge in [0.2, 0.25) is 0 Å². The Balaban J connectivity index is 3.05. The van der Waals surface area contributed by atoms with E-state index in [1.807, 2.05) is 6.92 Å². The van der Waals surface area contributed by atoms with Gasteiger partial charge in [-0.1, -0.05) is 90.4 Å². The molecule has 0 aromatic rings. The molecule has 0 aliphatic heterocycles. The van der Waals surface area contributed by atoms with E-state index in [2.05, 4.69) is 6.92 Å². The highest BCUT2D eigenvalue weighted by Crippen LogP contribution is 2.13. The van der Waals surface area contributed by atoms with Gasteiger partial charge in [0.15, 0.2) is 0 Å². The molecule has 0 aromatic heterocycles. The molecule has 13 nitrogen and oxygen atoms in total. The molecule has 0 radical (unpaired) electrons. The van der Waals surface area contributed by atoms with E-state index < -0.39 is 0 Å². The third kappa shape index (κ3) is 51.5. The molecule has 320 valence electrons. The molecular formula is C40H82O13. The SMILES string of the molecule is CCCCCCCCCCCCCCCCOOCCOCCOCCOCCOCCOCCOCCOCCOCCOCCOCCOCC. The maximum atomic E-state index is 5.51. The lowest BCUT2D eigenvalue weighted by Gasteiger charge is -2.09. The van der Waals surface area contributed by atoms with Crippen LogP contribution in [-0.2, 0) is 61.9 Å². The summed E-state index contributed by atoms with van der Waals surface area (Å²) in [5.74, 6) is 0. The summed E-state index contributed by atoms with van der Waals surface area (Å²) in [6, 6.07) is 0. The van der Waals surface area contributed by atoms with Crippen LogP contribution in [0.4, 0.5) is 0 Å². The van der Waals surface area contributed by atoms with Crippen LogP contribution in [0.5, 0.6) is 0 Å². The average molecular weight is 771 g/mol. The molecule has 0 aromatic carbocycles. The van der Waals surface area contributed by atoms with Crippen molar-refractivity contribution in [1.29, 1.82) is 0 Å². The Morgan fingerprint density at radius 2 is 0.396 bits per heavy atom. The molecule has 0 saturated heterocycles. The van der Waals surface area contributed by atoms with Crippen molar-refractivity contribution < 1.29 is 61.9 Å². The van der Waals surface area contributed by atoms with Crippen molar-refractivity contribution >= 4 is 0 Å². The third-order valence-electron chi connectivity index (χ3n) is 7.90. The van der Waals surface area contributed by atoms with Crippen LogP contribution in [0.25, 0.3) is 0 Å². The molecule has 0 spiro atoms. The lowest BCUT2D eigenvalue weighted by atomic mass is 10.0. The molecule has 0 bridgehead atoms. The second-order valence-electron chi connectivity index (χ2n) is 12.6. The van der Waals surface area contributed by atoms with Crippen molar-refractivity contribution in [2.75, 3.05) is 159 Å². The first-order valence-electron chi connectivity index (χ1n) is 21.0. The van der Waals surface area contributed by atoms with Gasteiger partial charge >= 0.3 is 0 Å². The van der Waals surface area contributed by atoms with Crippen molar-refractivity contribution in [2.24, 2.45) is 0 Å². The zero-order chi connectivity index (χ0) is 38.1. The summed E-state index contributed by atoms with van der Waals surface area (Å²) < 4.78 is 60.0. The smallest absolute Gasteiger partial charge is 0.106 e. The van der Waals surface area contributed by atoms with Gasteiger partial charge < -0.3 is 52.1 Å². The van der Waals surface area contributed by atoms with Crippen LogP contribution in [0, 0.1) is 0 Å². The van der Waals surface area contributed by atoms with Gasteiger partial charge in [0, 0.05) is 6.61 Å². The van der Waals surface area contributed by atoms with Crippen LogP contribution >= 0.6 is 0 Å². The lowest BCUT2D eigenvalue weighted by Crippen LogP contribution is -2.15. The van der Waals surface area contributed by atoms with E-state index in [1.54, 1.807) is 0 Å². The van der Waals surface area contributed by atoms with Gasteiger partial charge in [0.25, 0.3) is 0 Å². The number of hydrogen-bond donors (Lipinski definition) is 0. The van der Waals surface area contributed by atoms with E-state index in [-0.39, 0.29) is 0 Å². The first kappa shape index (κ1) is 52.5. The number of rotatable bonds is 50. The highest BCUT2D eigenvalue weighted by Gasteiger charge is 1.98. The number of unbranched alkanes of at least 4 members (excludes halogenated alkanes) is 13. The molecule has 0 fully saturated rings. The van der Waals surface area contributed by atoms with E-state index in [0.717, 1.165) is 6.42 Å². The molecule has 53 heavy (non-hydrogen) atoms. The summed E-state index contributed by atoms with van der Waals surface area (Å²) in [6.07, 6.45) is 18.9. The Hall–Kier alpha value is -0.520. The van der Waals surface area contributed by atoms with E-state index in [0.29, 0.717) is 159 Å². The summed E-state index contributed by atoms with van der Waals surface area (Å²) in [4.78, 5) is 10.4. The van der Waals surface area contributed by atoms with E-state index >= 15 is 0 Å². The zero-order valence-electron chi connectivity index (χ0n) is 34.2. The Bertz CT molecular complexity index is 571. The summed E-state index contributed by atoms with van der Waals surface area (Å²) in [5, 5.41) is 0. The molecule has 0 N–H and O–H groups in total. The monoisotopic (exact) mass is 771 g/mol. The predicted octanol–water partition coefficient (Wildman–Crippen LogP) is 6.62. The number of hydrogen-bond acceptors (Lipinski definition) is 13. The minimum absolute atomic E-state index is 0.430. The zero-order valence-corrected chi connectivity index (χ0v) is 34.2. The van der Waals surface area contributed by atoms with Gasteiger partial charge in [-0.2, -0.15) is 0 Å². The lowest BCUT2D eigenvalue weighted by molar-refractivity contribution is -0.299. The fourth-order valence-corrected chi connectivity index (χ4v) is 4.91. The third-order valence-corrected chi connectivity index (χ3v) is 7.90. The van der Waals surface area contributed by atoms with Crippen LogP contribution in [0.2, 0.25) is 0 Å². The van der Waals surface area contributed by atoms with Gasteiger partial charge in [-0.3, -0.25) is 0 Å². The normalized spacial score (nSPS) is 11.7. The fourth-order valence-electron chi connectivity index (χ4n) is 4.91. The molecule has 13 heteroatoms. The molecular weight excluding hydrogens is 688 g/mol. The minimum Gasteiger partial charge on any atom is -0.379 e. The van der Waals surface area contributed by atoms with Crippen LogP contribution in [0.1, 0.15) is 104 Å². The van der Waals surface area contributed by atoms with Crippen molar-refractivity contribution in [1.82, 2.24) is 0 Å². The molecule has 0 saturated carbocycles. The van der Waals surface area contributed by atoms with Crippen molar-refractivity contribution in [3.63, 3.8) is 0 Å². The Morgan fingerprint density at radius 1 is 0.189 bits per heavy atom. The maximum Gasteiger partial charge on any atom is 0.106 e. The predicted molar refractivity (Wildman–Crippen MR) is 207 cm³/mol. The van der Waals surface area contributed by atoms with Crippen molar-refractivity contribution in [2.45, 2.75) is 104 Å². The molecule has 0 atom stereocenters. The van der Waals surface area contributed by atoms with Gasteiger partial charge in [0.05, 0.1) is 145 Å². The molecule has 0 amide bonds. The highest BCUT2D eigenvalue weighted by molar-refractivity contribution is 4.49. The van der Waals surface area contributed by atoms with Gasteiger partial charge in [-0.15, -0.1) is 0 Å². The second kappa shape index (κ2) is 51.5. The van der Waals surface area contributed by atoms with E-state index in [9.17, 15) is 0 Å². The molecule has 0 aliphatic rings. The minimum atomic E-state index is 0.430. The van der Waals surface area contributed by atoms with E-state index in [4.69, 9.17) is 61.9 Å². The topological polar surface area (TPSA) is 120 Å². The first-order chi connectivity index (χ1) is 26.4. The molecule has 0 aliphatic carbocycles. The molecule has 0 rings (SSSR count). The van der Waals surface area contributed by atoms with Crippen molar-refractivity contribution in [3.8, 4) is 0 Å².